The zero-order chi connectivity index (χ0) is 16.8. The molecule has 0 aromatic rings. The summed E-state index contributed by atoms with van der Waals surface area (Å²) in [6.45, 7) is 3.91. The zero-order valence-electron chi connectivity index (χ0n) is 14.8. The predicted octanol–water partition coefficient (Wildman–Crippen LogP) is 3.02. The Labute approximate surface area is 157 Å². The highest BCUT2D eigenvalue weighted by molar-refractivity contribution is 7.80. The third-order valence-corrected chi connectivity index (χ3v) is 6.47. The van der Waals surface area contributed by atoms with Crippen molar-refractivity contribution in [1.29, 1.82) is 0 Å². The van der Waals surface area contributed by atoms with E-state index in [4.69, 9.17) is 24.4 Å². The molecule has 0 aromatic heterocycles. The molecular formula is C18H32N4S2. The molecule has 3 fully saturated rings. The Morgan fingerprint density at radius 3 is 1.25 bits per heavy atom. The van der Waals surface area contributed by atoms with Crippen molar-refractivity contribution in [3.63, 3.8) is 0 Å². The summed E-state index contributed by atoms with van der Waals surface area (Å²) in [6.07, 6.45) is 13.2. The van der Waals surface area contributed by atoms with E-state index >= 15 is 0 Å². The molecule has 3 aliphatic rings. The number of nitrogens with one attached hydrogen (secondary N) is 2. The smallest absolute Gasteiger partial charge is 0.169 e. The van der Waals surface area contributed by atoms with Crippen LogP contribution < -0.4 is 10.6 Å². The van der Waals surface area contributed by atoms with E-state index in [2.05, 4.69) is 20.4 Å². The predicted molar refractivity (Wildman–Crippen MR) is 108 cm³/mol. The zero-order valence-corrected chi connectivity index (χ0v) is 16.4. The van der Waals surface area contributed by atoms with Crippen LogP contribution in [0.25, 0.3) is 0 Å². The second kappa shape index (κ2) is 9.18. The van der Waals surface area contributed by atoms with Crippen LogP contribution in [0.5, 0.6) is 0 Å². The molecule has 0 atom stereocenters. The van der Waals surface area contributed by atoms with Gasteiger partial charge in [-0.15, -0.1) is 0 Å². The molecule has 1 saturated heterocycles. The minimum atomic E-state index is 0.596. The molecule has 0 bridgehead atoms. The van der Waals surface area contributed by atoms with Crippen molar-refractivity contribution in [1.82, 2.24) is 20.4 Å². The summed E-state index contributed by atoms with van der Waals surface area (Å²) < 4.78 is 0. The normalized spacial score (nSPS) is 23.8. The standard InChI is InChI=1S/C18H32N4S2/c23-17(19-15-7-3-1-4-8-15)21-11-13-22(14-12-21)18(24)20-16-9-5-2-6-10-16/h15-16H,1-14H2,(H,19,23)(H,20,24). The van der Waals surface area contributed by atoms with E-state index in [9.17, 15) is 0 Å². The summed E-state index contributed by atoms with van der Waals surface area (Å²) in [5, 5.41) is 9.08. The average Bonchev–Trinajstić information content (AvgIpc) is 2.63. The molecule has 1 aliphatic heterocycles. The molecule has 3 rings (SSSR count). The van der Waals surface area contributed by atoms with E-state index < -0.39 is 0 Å². The number of hydrogen-bond donors (Lipinski definition) is 2. The van der Waals surface area contributed by atoms with Gasteiger partial charge in [-0.25, -0.2) is 0 Å². The second-order valence-electron chi connectivity index (χ2n) is 7.54. The first-order valence-electron chi connectivity index (χ1n) is 9.83. The van der Waals surface area contributed by atoms with Gasteiger partial charge in [-0.2, -0.15) is 0 Å². The van der Waals surface area contributed by atoms with Crippen LogP contribution in [0.1, 0.15) is 64.2 Å². The van der Waals surface area contributed by atoms with Gasteiger partial charge in [0.1, 0.15) is 0 Å². The number of thiocarbonyl (C=S) groups is 2. The van der Waals surface area contributed by atoms with E-state index in [0.29, 0.717) is 12.1 Å². The molecule has 2 N–H and O–H groups in total. The molecule has 2 aliphatic carbocycles. The maximum Gasteiger partial charge on any atom is 0.169 e. The van der Waals surface area contributed by atoms with E-state index in [1.165, 1.54) is 64.2 Å². The van der Waals surface area contributed by atoms with Crippen molar-refractivity contribution >= 4 is 34.7 Å². The van der Waals surface area contributed by atoms with Crippen LogP contribution >= 0.6 is 24.4 Å². The maximum atomic E-state index is 5.64. The first-order valence-corrected chi connectivity index (χ1v) is 10.6. The molecule has 0 spiro atoms. The highest BCUT2D eigenvalue weighted by Crippen LogP contribution is 2.19. The Kier molecular flexibility index (Phi) is 6.95. The monoisotopic (exact) mass is 368 g/mol. The van der Waals surface area contributed by atoms with Gasteiger partial charge in [0.25, 0.3) is 0 Å². The van der Waals surface area contributed by atoms with Crippen LogP contribution in [-0.2, 0) is 0 Å². The van der Waals surface area contributed by atoms with Gasteiger partial charge in [-0.05, 0) is 50.1 Å². The van der Waals surface area contributed by atoms with E-state index in [1.807, 2.05) is 0 Å². The summed E-state index contributed by atoms with van der Waals surface area (Å²) in [5.41, 5.74) is 0. The van der Waals surface area contributed by atoms with Crippen LogP contribution in [0, 0.1) is 0 Å². The van der Waals surface area contributed by atoms with E-state index in [0.717, 1.165) is 36.4 Å². The highest BCUT2D eigenvalue weighted by atomic mass is 32.1. The summed E-state index contributed by atoms with van der Waals surface area (Å²) >= 11 is 11.3. The van der Waals surface area contributed by atoms with Gasteiger partial charge in [0.15, 0.2) is 10.2 Å². The van der Waals surface area contributed by atoms with Crippen molar-refractivity contribution in [3.8, 4) is 0 Å². The molecule has 0 unspecified atom stereocenters. The van der Waals surface area contributed by atoms with Gasteiger partial charge < -0.3 is 20.4 Å². The fourth-order valence-corrected chi connectivity index (χ4v) is 4.84. The first kappa shape index (κ1) is 18.2. The Balaban J connectivity index is 1.38. The number of nitrogens with zero attached hydrogens (tertiary/aromatic N) is 2. The minimum absolute atomic E-state index is 0.596. The molecule has 0 radical (unpaired) electrons. The van der Waals surface area contributed by atoms with Crippen LogP contribution in [-0.4, -0.2) is 58.3 Å². The molecule has 1 heterocycles. The van der Waals surface area contributed by atoms with Gasteiger partial charge in [0, 0.05) is 38.3 Å². The van der Waals surface area contributed by atoms with Crippen LogP contribution in [0.15, 0.2) is 0 Å². The highest BCUT2D eigenvalue weighted by Gasteiger charge is 2.24. The van der Waals surface area contributed by atoms with Crippen molar-refractivity contribution in [3.05, 3.63) is 0 Å². The Morgan fingerprint density at radius 2 is 0.917 bits per heavy atom. The minimum Gasteiger partial charge on any atom is -0.360 e. The van der Waals surface area contributed by atoms with Gasteiger partial charge in [-0.3, -0.25) is 0 Å². The molecule has 2 saturated carbocycles. The molecule has 0 aromatic carbocycles. The van der Waals surface area contributed by atoms with Crippen molar-refractivity contribution in [2.75, 3.05) is 26.2 Å². The number of hydrogen-bond acceptors (Lipinski definition) is 2. The second-order valence-corrected chi connectivity index (χ2v) is 8.32. The van der Waals surface area contributed by atoms with Crippen molar-refractivity contribution < 1.29 is 0 Å². The fraction of sp³-hybridized carbons (Fsp3) is 0.889. The lowest BCUT2D eigenvalue weighted by atomic mass is 9.96. The Morgan fingerprint density at radius 1 is 0.583 bits per heavy atom. The molecule has 4 nitrogen and oxygen atoms in total. The molecular weight excluding hydrogens is 336 g/mol. The van der Waals surface area contributed by atoms with Crippen molar-refractivity contribution in [2.45, 2.75) is 76.3 Å². The molecule has 0 amide bonds. The third kappa shape index (κ3) is 5.19. The van der Waals surface area contributed by atoms with Crippen LogP contribution in [0.4, 0.5) is 0 Å². The molecule has 24 heavy (non-hydrogen) atoms. The molecule has 6 heteroatoms. The first-order chi connectivity index (χ1) is 11.7. The van der Waals surface area contributed by atoms with E-state index in [-0.39, 0.29) is 0 Å². The van der Waals surface area contributed by atoms with Gasteiger partial charge >= 0.3 is 0 Å². The summed E-state index contributed by atoms with van der Waals surface area (Å²) in [6, 6.07) is 1.19. The number of rotatable bonds is 2. The van der Waals surface area contributed by atoms with Crippen LogP contribution in [0.2, 0.25) is 0 Å². The lowest BCUT2D eigenvalue weighted by Gasteiger charge is -2.39. The van der Waals surface area contributed by atoms with E-state index in [1.54, 1.807) is 0 Å². The van der Waals surface area contributed by atoms with Gasteiger partial charge in [0.05, 0.1) is 0 Å². The maximum absolute atomic E-state index is 5.64. The Bertz CT molecular complexity index is 383. The average molecular weight is 369 g/mol. The topological polar surface area (TPSA) is 30.5 Å². The SMILES string of the molecule is S=C(NC1CCCCC1)N1CCN(C(=S)NC2CCCCC2)CC1. The largest absolute Gasteiger partial charge is 0.360 e. The molecule has 136 valence electrons. The lowest BCUT2D eigenvalue weighted by molar-refractivity contribution is 0.247. The van der Waals surface area contributed by atoms with Gasteiger partial charge in [-0.1, -0.05) is 38.5 Å². The fourth-order valence-electron chi connectivity index (χ4n) is 4.14. The number of piperazine rings is 1. The Hall–Kier alpha value is -0.620. The van der Waals surface area contributed by atoms with Gasteiger partial charge in [0.2, 0.25) is 0 Å². The summed E-state index contributed by atoms with van der Waals surface area (Å²) in [5.74, 6) is 0. The van der Waals surface area contributed by atoms with Crippen LogP contribution in [0.3, 0.4) is 0 Å². The van der Waals surface area contributed by atoms with Crippen molar-refractivity contribution in [2.24, 2.45) is 0 Å². The summed E-state index contributed by atoms with van der Waals surface area (Å²) in [4.78, 5) is 4.65. The third-order valence-electron chi connectivity index (χ3n) is 5.72. The quantitative estimate of drug-likeness (QED) is 0.729. The lowest BCUT2D eigenvalue weighted by Crippen LogP contribution is -2.57. The summed E-state index contributed by atoms with van der Waals surface area (Å²) in [7, 11) is 0.